The maximum atomic E-state index is 5.93. The van der Waals surface area contributed by atoms with Gasteiger partial charge in [0.2, 0.25) is 0 Å². The van der Waals surface area contributed by atoms with Crippen molar-refractivity contribution in [3.8, 4) is 0 Å². The lowest BCUT2D eigenvalue weighted by atomic mass is 10.1. The summed E-state index contributed by atoms with van der Waals surface area (Å²) in [5.41, 5.74) is 5.93. The van der Waals surface area contributed by atoms with E-state index >= 15 is 0 Å². The van der Waals surface area contributed by atoms with Crippen LogP contribution < -0.4 is 5.73 Å². The molecule has 1 saturated carbocycles. The summed E-state index contributed by atoms with van der Waals surface area (Å²) in [5, 5.41) is 0. The first-order chi connectivity index (χ1) is 8.75. The maximum absolute atomic E-state index is 5.93. The maximum Gasteiger partial charge on any atom is 0.191 e. The number of rotatable bonds is 10. The van der Waals surface area contributed by atoms with Crippen molar-refractivity contribution in [2.45, 2.75) is 77.2 Å². The van der Waals surface area contributed by atoms with Crippen molar-refractivity contribution in [3.05, 3.63) is 0 Å². The first kappa shape index (κ1) is 15.3. The predicted molar refractivity (Wildman–Crippen MR) is 79.9 cm³/mol. The fourth-order valence-corrected chi connectivity index (χ4v) is 2.20. The summed E-state index contributed by atoms with van der Waals surface area (Å²) in [6.07, 6.45) is 13.4. The van der Waals surface area contributed by atoms with E-state index in [4.69, 9.17) is 5.73 Å². The van der Waals surface area contributed by atoms with Gasteiger partial charge < -0.3 is 10.6 Å². The van der Waals surface area contributed by atoms with Gasteiger partial charge in [-0.15, -0.1) is 0 Å². The zero-order chi connectivity index (χ0) is 13.2. The Hall–Kier alpha value is -0.730. The average molecular weight is 253 g/mol. The molecule has 3 nitrogen and oxygen atoms in total. The highest BCUT2D eigenvalue weighted by Crippen LogP contribution is 2.24. The van der Waals surface area contributed by atoms with Crippen LogP contribution in [0.2, 0.25) is 0 Å². The number of hydrogen-bond acceptors (Lipinski definition) is 1. The summed E-state index contributed by atoms with van der Waals surface area (Å²) in [4.78, 5) is 6.58. The predicted octanol–water partition coefficient (Wildman–Crippen LogP) is 3.54. The highest BCUT2D eigenvalue weighted by atomic mass is 15.3. The second kappa shape index (κ2) is 9.23. The molecule has 1 fully saturated rings. The van der Waals surface area contributed by atoms with E-state index in [0.29, 0.717) is 6.04 Å². The standard InChI is InChI=1S/C15H31N3/c1-3-4-5-6-7-8-9-10-13-17-15(16)18(2)14-11-12-14/h14H,3-13H2,1-2H3,(H2,16,17). The molecule has 0 amide bonds. The molecule has 2 N–H and O–H groups in total. The molecule has 0 saturated heterocycles. The molecule has 0 bridgehead atoms. The number of guanidine groups is 1. The third kappa shape index (κ3) is 6.87. The summed E-state index contributed by atoms with van der Waals surface area (Å²) in [7, 11) is 2.06. The number of aliphatic imine (C=N–C) groups is 1. The van der Waals surface area contributed by atoms with Gasteiger partial charge in [0.15, 0.2) is 5.96 Å². The van der Waals surface area contributed by atoms with Gasteiger partial charge in [0.25, 0.3) is 0 Å². The van der Waals surface area contributed by atoms with Crippen LogP contribution in [-0.2, 0) is 0 Å². The van der Waals surface area contributed by atoms with Crippen molar-refractivity contribution in [3.63, 3.8) is 0 Å². The van der Waals surface area contributed by atoms with Crippen LogP contribution >= 0.6 is 0 Å². The molecule has 3 heteroatoms. The van der Waals surface area contributed by atoms with Gasteiger partial charge in [-0.3, -0.25) is 4.99 Å². The topological polar surface area (TPSA) is 41.6 Å². The van der Waals surface area contributed by atoms with Crippen LogP contribution in [0.5, 0.6) is 0 Å². The fraction of sp³-hybridized carbons (Fsp3) is 0.933. The van der Waals surface area contributed by atoms with E-state index in [1.807, 2.05) is 0 Å². The Morgan fingerprint density at radius 3 is 2.17 bits per heavy atom. The van der Waals surface area contributed by atoms with Gasteiger partial charge in [-0.05, 0) is 19.3 Å². The average Bonchev–Trinajstić information content (AvgIpc) is 3.20. The summed E-state index contributed by atoms with van der Waals surface area (Å²) >= 11 is 0. The lowest BCUT2D eigenvalue weighted by Gasteiger charge is -2.16. The van der Waals surface area contributed by atoms with E-state index in [1.54, 1.807) is 0 Å². The van der Waals surface area contributed by atoms with Crippen molar-refractivity contribution in [1.82, 2.24) is 4.90 Å². The van der Waals surface area contributed by atoms with Crippen LogP contribution in [0.4, 0.5) is 0 Å². The van der Waals surface area contributed by atoms with Gasteiger partial charge in [-0.1, -0.05) is 51.9 Å². The van der Waals surface area contributed by atoms with E-state index in [9.17, 15) is 0 Å². The molecule has 0 aromatic carbocycles. The van der Waals surface area contributed by atoms with Crippen LogP contribution in [0, 0.1) is 0 Å². The number of unbranched alkanes of at least 4 members (excludes halogenated alkanes) is 7. The van der Waals surface area contributed by atoms with Gasteiger partial charge in [-0.2, -0.15) is 0 Å². The minimum Gasteiger partial charge on any atom is -0.370 e. The van der Waals surface area contributed by atoms with Crippen molar-refractivity contribution in [1.29, 1.82) is 0 Å². The summed E-state index contributed by atoms with van der Waals surface area (Å²) in [6.45, 7) is 3.17. The zero-order valence-corrected chi connectivity index (χ0v) is 12.3. The van der Waals surface area contributed by atoms with E-state index < -0.39 is 0 Å². The number of nitrogens with zero attached hydrogens (tertiary/aromatic N) is 2. The Morgan fingerprint density at radius 1 is 1.06 bits per heavy atom. The molecule has 0 aliphatic heterocycles. The van der Waals surface area contributed by atoms with Crippen LogP contribution in [0.3, 0.4) is 0 Å². The monoisotopic (exact) mass is 253 g/mol. The van der Waals surface area contributed by atoms with Crippen molar-refractivity contribution >= 4 is 5.96 Å². The highest BCUT2D eigenvalue weighted by Gasteiger charge is 2.27. The van der Waals surface area contributed by atoms with Crippen molar-refractivity contribution < 1.29 is 0 Å². The lowest BCUT2D eigenvalue weighted by molar-refractivity contribution is 0.486. The van der Waals surface area contributed by atoms with Gasteiger partial charge in [0.05, 0.1) is 0 Å². The first-order valence-electron chi connectivity index (χ1n) is 7.78. The highest BCUT2D eigenvalue weighted by molar-refractivity contribution is 5.78. The Labute approximate surface area is 113 Å². The molecule has 0 aromatic rings. The normalized spacial score (nSPS) is 16.0. The molecule has 18 heavy (non-hydrogen) atoms. The van der Waals surface area contributed by atoms with Crippen molar-refractivity contribution in [2.75, 3.05) is 13.6 Å². The zero-order valence-electron chi connectivity index (χ0n) is 12.3. The van der Waals surface area contributed by atoms with E-state index in [2.05, 4.69) is 23.9 Å². The molecule has 0 spiro atoms. The minimum atomic E-state index is 0.673. The third-order valence-corrected chi connectivity index (χ3v) is 3.74. The van der Waals surface area contributed by atoms with Crippen LogP contribution in [0.1, 0.15) is 71.1 Å². The molecular weight excluding hydrogens is 222 g/mol. The Balaban J connectivity index is 1.89. The molecule has 0 unspecified atom stereocenters. The Kier molecular flexibility index (Phi) is 7.86. The van der Waals surface area contributed by atoms with Crippen molar-refractivity contribution in [2.24, 2.45) is 10.7 Å². The molecule has 0 aromatic heterocycles. The van der Waals surface area contributed by atoms with Gasteiger partial charge >= 0.3 is 0 Å². The smallest absolute Gasteiger partial charge is 0.191 e. The lowest BCUT2D eigenvalue weighted by Crippen LogP contribution is -2.35. The molecule has 106 valence electrons. The van der Waals surface area contributed by atoms with E-state index in [-0.39, 0.29) is 0 Å². The van der Waals surface area contributed by atoms with Gasteiger partial charge in [0.1, 0.15) is 0 Å². The van der Waals surface area contributed by atoms with E-state index in [1.165, 1.54) is 64.2 Å². The molecular formula is C15H31N3. The molecule has 0 radical (unpaired) electrons. The molecule has 1 aliphatic rings. The largest absolute Gasteiger partial charge is 0.370 e. The molecule has 1 aliphatic carbocycles. The van der Waals surface area contributed by atoms with Crippen LogP contribution in [0.15, 0.2) is 4.99 Å². The van der Waals surface area contributed by atoms with Gasteiger partial charge in [-0.25, -0.2) is 0 Å². The minimum absolute atomic E-state index is 0.673. The Bertz CT molecular complexity index is 234. The van der Waals surface area contributed by atoms with Gasteiger partial charge in [0, 0.05) is 19.6 Å². The fourth-order valence-electron chi connectivity index (χ4n) is 2.20. The van der Waals surface area contributed by atoms with Crippen LogP contribution in [0.25, 0.3) is 0 Å². The first-order valence-corrected chi connectivity index (χ1v) is 7.78. The quantitative estimate of drug-likeness (QED) is 0.367. The van der Waals surface area contributed by atoms with Crippen LogP contribution in [-0.4, -0.2) is 30.5 Å². The Morgan fingerprint density at radius 2 is 1.61 bits per heavy atom. The third-order valence-electron chi connectivity index (χ3n) is 3.74. The number of hydrogen-bond donors (Lipinski definition) is 1. The second-order valence-electron chi connectivity index (χ2n) is 5.56. The molecule has 0 atom stereocenters. The second-order valence-corrected chi connectivity index (χ2v) is 5.56. The van der Waals surface area contributed by atoms with E-state index in [0.717, 1.165) is 12.5 Å². The molecule has 1 rings (SSSR count). The summed E-state index contributed by atoms with van der Waals surface area (Å²) in [6, 6.07) is 0.673. The number of nitrogens with two attached hydrogens (primary N) is 1. The summed E-state index contributed by atoms with van der Waals surface area (Å²) in [5.74, 6) is 0.737. The molecule has 0 heterocycles. The SMILES string of the molecule is CCCCCCCCCCN=C(N)N(C)C1CC1. The summed E-state index contributed by atoms with van der Waals surface area (Å²) < 4.78 is 0.